The van der Waals surface area contributed by atoms with Crippen LogP contribution in [0.4, 0.5) is 11.5 Å². The molecule has 1 amide bonds. The standard InChI is InChI=1S/C22H22N6O/c1-3-16-9-7-8-12-18(16)25-20(29)14-27(2)21-13-19(17-10-5-4-6-11-17)26-22-23-15-24-28(21)22/h4-13,15H,3,14H2,1-2H3,(H,25,29). The second kappa shape index (κ2) is 8.10. The van der Waals surface area contributed by atoms with Crippen LogP contribution in [0.2, 0.25) is 0 Å². The van der Waals surface area contributed by atoms with E-state index in [4.69, 9.17) is 0 Å². The third-order valence-corrected chi connectivity index (χ3v) is 4.75. The summed E-state index contributed by atoms with van der Waals surface area (Å²) in [5.74, 6) is 1.13. The minimum Gasteiger partial charge on any atom is -0.350 e. The summed E-state index contributed by atoms with van der Waals surface area (Å²) >= 11 is 0. The van der Waals surface area contributed by atoms with E-state index in [1.807, 2.05) is 72.6 Å². The maximum Gasteiger partial charge on any atom is 0.254 e. The highest BCUT2D eigenvalue weighted by molar-refractivity contribution is 5.94. The number of amides is 1. The number of likely N-dealkylation sites (N-methyl/N-ethyl adjacent to an activating group) is 1. The maximum absolute atomic E-state index is 12.7. The Morgan fingerprint density at radius 1 is 1.10 bits per heavy atom. The van der Waals surface area contributed by atoms with E-state index < -0.39 is 0 Å². The monoisotopic (exact) mass is 386 g/mol. The average molecular weight is 386 g/mol. The van der Waals surface area contributed by atoms with Gasteiger partial charge in [-0.2, -0.15) is 14.6 Å². The molecule has 4 aromatic rings. The highest BCUT2D eigenvalue weighted by Gasteiger charge is 2.15. The molecule has 0 saturated heterocycles. The molecule has 0 saturated carbocycles. The smallest absolute Gasteiger partial charge is 0.254 e. The molecule has 2 heterocycles. The zero-order valence-corrected chi connectivity index (χ0v) is 16.4. The Bertz CT molecular complexity index is 1140. The first kappa shape index (κ1) is 18.6. The van der Waals surface area contributed by atoms with Crippen molar-refractivity contribution >= 4 is 23.2 Å². The number of anilines is 2. The Kier molecular flexibility index (Phi) is 5.20. The van der Waals surface area contributed by atoms with Crippen LogP contribution in [0.1, 0.15) is 12.5 Å². The second-order valence-corrected chi connectivity index (χ2v) is 6.75. The van der Waals surface area contributed by atoms with E-state index in [0.29, 0.717) is 5.78 Å². The van der Waals surface area contributed by atoms with E-state index in [0.717, 1.165) is 34.7 Å². The third-order valence-electron chi connectivity index (χ3n) is 4.75. The molecular formula is C22H22N6O. The summed E-state index contributed by atoms with van der Waals surface area (Å²) in [6.45, 7) is 2.24. The van der Waals surface area contributed by atoms with Gasteiger partial charge in [-0.1, -0.05) is 55.5 Å². The molecule has 4 rings (SSSR count). The van der Waals surface area contributed by atoms with Gasteiger partial charge in [0.2, 0.25) is 5.91 Å². The van der Waals surface area contributed by atoms with E-state index in [2.05, 4.69) is 27.3 Å². The van der Waals surface area contributed by atoms with Crippen LogP contribution < -0.4 is 10.2 Å². The zero-order chi connectivity index (χ0) is 20.2. The van der Waals surface area contributed by atoms with Crippen molar-refractivity contribution in [2.45, 2.75) is 13.3 Å². The van der Waals surface area contributed by atoms with Crippen LogP contribution >= 0.6 is 0 Å². The lowest BCUT2D eigenvalue weighted by molar-refractivity contribution is -0.114. The first-order valence-electron chi connectivity index (χ1n) is 9.51. The molecule has 0 spiro atoms. The molecule has 2 aromatic carbocycles. The Hall–Kier alpha value is -3.74. The van der Waals surface area contributed by atoms with Crippen LogP contribution in [0.15, 0.2) is 67.0 Å². The molecule has 7 nitrogen and oxygen atoms in total. The average Bonchev–Trinajstić information content (AvgIpc) is 3.22. The number of nitrogens with zero attached hydrogens (tertiary/aromatic N) is 5. The Balaban J connectivity index is 1.60. The molecule has 29 heavy (non-hydrogen) atoms. The number of rotatable bonds is 6. The molecule has 2 aromatic heterocycles. The van der Waals surface area contributed by atoms with Gasteiger partial charge in [0.15, 0.2) is 0 Å². The lowest BCUT2D eigenvalue weighted by Crippen LogP contribution is -2.31. The van der Waals surface area contributed by atoms with Gasteiger partial charge in [0, 0.05) is 24.4 Å². The molecule has 0 aliphatic rings. The molecule has 0 fully saturated rings. The van der Waals surface area contributed by atoms with Crippen molar-refractivity contribution in [1.29, 1.82) is 0 Å². The SMILES string of the molecule is CCc1ccccc1NC(=O)CN(C)c1cc(-c2ccccc2)nc2ncnn12. The Morgan fingerprint density at radius 3 is 2.66 bits per heavy atom. The van der Waals surface area contributed by atoms with Gasteiger partial charge in [-0.25, -0.2) is 4.98 Å². The number of hydrogen-bond donors (Lipinski definition) is 1. The summed E-state index contributed by atoms with van der Waals surface area (Å²) in [6, 6.07) is 19.6. The summed E-state index contributed by atoms with van der Waals surface area (Å²) in [5.41, 5.74) is 3.72. The lowest BCUT2D eigenvalue weighted by atomic mass is 10.1. The predicted molar refractivity (Wildman–Crippen MR) is 114 cm³/mol. The molecule has 0 unspecified atom stereocenters. The summed E-state index contributed by atoms with van der Waals surface area (Å²) in [4.78, 5) is 23.3. The summed E-state index contributed by atoms with van der Waals surface area (Å²) < 4.78 is 1.64. The molecule has 0 aliphatic carbocycles. The molecule has 0 bridgehead atoms. The van der Waals surface area contributed by atoms with Gasteiger partial charge in [-0.3, -0.25) is 4.79 Å². The van der Waals surface area contributed by atoms with Crippen LogP contribution in [-0.2, 0) is 11.2 Å². The Morgan fingerprint density at radius 2 is 1.86 bits per heavy atom. The first-order valence-corrected chi connectivity index (χ1v) is 9.51. The minimum atomic E-state index is -0.0975. The highest BCUT2D eigenvalue weighted by atomic mass is 16.2. The van der Waals surface area contributed by atoms with Crippen molar-refractivity contribution in [3.05, 3.63) is 72.6 Å². The van der Waals surface area contributed by atoms with Crippen LogP contribution in [0.25, 0.3) is 17.0 Å². The van der Waals surface area contributed by atoms with Crippen molar-refractivity contribution in [2.75, 3.05) is 23.8 Å². The number of nitrogens with one attached hydrogen (secondary N) is 1. The normalized spacial score (nSPS) is 10.8. The van der Waals surface area contributed by atoms with E-state index in [-0.39, 0.29) is 12.5 Å². The van der Waals surface area contributed by atoms with Gasteiger partial charge in [-0.05, 0) is 18.1 Å². The quantitative estimate of drug-likeness (QED) is 0.549. The van der Waals surface area contributed by atoms with Crippen LogP contribution in [0, 0.1) is 0 Å². The number of carbonyl (C=O) groups is 1. The number of carbonyl (C=O) groups excluding carboxylic acids is 1. The number of benzene rings is 2. The fraction of sp³-hybridized carbons (Fsp3) is 0.182. The topological polar surface area (TPSA) is 75.4 Å². The maximum atomic E-state index is 12.7. The van der Waals surface area contributed by atoms with Gasteiger partial charge in [0.05, 0.1) is 12.2 Å². The molecule has 7 heteroatoms. The van der Waals surface area contributed by atoms with E-state index in [1.165, 1.54) is 6.33 Å². The largest absolute Gasteiger partial charge is 0.350 e. The summed E-state index contributed by atoms with van der Waals surface area (Å²) in [7, 11) is 1.86. The van der Waals surface area contributed by atoms with Crippen LogP contribution in [0.3, 0.4) is 0 Å². The summed E-state index contributed by atoms with van der Waals surface area (Å²) in [5, 5.41) is 7.27. The number of hydrogen-bond acceptors (Lipinski definition) is 5. The van der Waals surface area contributed by atoms with E-state index in [1.54, 1.807) is 4.52 Å². The van der Waals surface area contributed by atoms with Gasteiger partial charge < -0.3 is 10.2 Å². The fourth-order valence-electron chi connectivity index (χ4n) is 3.26. The van der Waals surface area contributed by atoms with E-state index >= 15 is 0 Å². The van der Waals surface area contributed by atoms with Crippen molar-refractivity contribution in [3.8, 4) is 11.3 Å². The second-order valence-electron chi connectivity index (χ2n) is 6.75. The predicted octanol–water partition coefficient (Wildman–Crippen LogP) is 3.43. The molecule has 0 aliphatic heterocycles. The minimum absolute atomic E-state index is 0.0975. The molecule has 1 N–H and O–H groups in total. The van der Waals surface area contributed by atoms with Crippen molar-refractivity contribution in [3.63, 3.8) is 0 Å². The number of fused-ring (bicyclic) bond motifs is 1. The van der Waals surface area contributed by atoms with Crippen molar-refractivity contribution < 1.29 is 4.79 Å². The van der Waals surface area contributed by atoms with Gasteiger partial charge in [0.1, 0.15) is 12.1 Å². The number of aromatic nitrogens is 4. The molecular weight excluding hydrogens is 364 g/mol. The van der Waals surface area contributed by atoms with Gasteiger partial charge >= 0.3 is 0 Å². The third kappa shape index (κ3) is 3.94. The number of aryl methyl sites for hydroxylation is 1. The van der Waals surface area contributed by atoms with Crippen molar-refractivity contribution in [2.24, 2.45) is 0 Å². The summed E-state index contributed by atoms with van der Waals surface area (Å²) in [6.07, 6.45) is 2.32. The van der Waals surface area contributed by atoms with Gasteiger partial charge in [-0.15, -0.1) is 0 Å². The van der Waals surface area contributed by atoms with E-state index in [9.17, 15) is 4.79 Å². The molecule has 0 atom stereocenters. The van der Waals surface area contributed by atoms with Crippen molar-refractivity contribution in [1.82, 2.24) is 19.6 Å². The Labute approximate surface area is 169 Å². The molecule has 146 valence electrons. The van der Waals surface area contributed by atoms with Gasteiger partial charge in [0.25, 0.3) is 5.78 Å². The zero-order valence-electron chi connectivity index (χ0n) is 16.4. The first-order chi connectivity index (χ1) is 14.2. The van der Waals surface area contributed by atoms with Crippen LogP contribution in [-0.4, -0.2) is 39.1 Å². The molecule has 0 radical (unpaired) electrons. The highest BCUT2D eigenvalue weighted by Crippen LogP contribution is 2.23. The van der Waals surface area contributed by atoms with Crippen LogP contribution in [0.5, 0.6) is 0 Å². The lowest BCUT2D eigenvalue weighted by Gasteiger charge is -2.20. The number of para-hydroxylation sites is 1. The fourth-order valence-corrected chi connectivity index (χ4v) is 3.26.